The van der Waals surface area contributed by atoms with Gasteiger partial charge in [0, 0.05) is 20.0 Å². The fourth-order valence-corrected chi connectivity index (χ4v) is 6.44. The Morgan fingerprint density at radius 3 is 2.47 bits per heavy atom. The van der Waals surface area contributed by atoms with E-state index in [9.17, 15) is 21.6 Å². The van der Waals surface area contributed by atoms with E-state index in [1.807, 2.05) is 0 Å². The number of rotatable bonds is 7. The van der Waals surface area contributed by atoms with Gasteiger partial charge in [-0.05, 0) is 31.0 Å². The zero-order valence-corrected chi connectivity index (χ0v) is 18.7. The van der Waals surface area contributed by atoms with Crippen LogP contribution in [-0.4, -0.2) is 57.4 Å². The standard InChI is InChI=1S/C16H21N5O6S3/c1-11(22)17-15-18-19-16(28-15)29(23,24)20-13-10-12(6-7-14(13)27-2)30(25,26)21-8-4-3-5-9-21/h6-7,10,20H,3-5,8-9H2,1-2H3,(H,17,18,22). The third-order valence-electron chi connectivity index (χ3n) is 4.29. The molecule has 1 saturated heterocycles. The van der Waals surface area contributed by atoms with Crippen LogP contribution in [0.5, 0.6) is 5.75 Å². The van der Waals surface area contributed by atoms with Crippen molar-refractivity contribution in [1.82, 2.24) is 14.5 Å². The van der Waals surface area contributed by atoms with E-state index in [-0.39, 0.29) is 21.5 Å². The van der Waals surface area contributed by atoms with Gasteiger partial charge in [-0.2, -0.15) is 12.7 Å². The lowest BCUT2D eigenvalue weighted by molar-refractivity contribution is -0.114. The number of sulfonamides is 2. The lowest BCUT2D eigenvalue weighted by atomic mass is 10.2. The van der Waals surface area contributed by atoms with Crippen molar-refractivity contribution >= 4 is 48.1 Å². The van der Waals surface area contributed by atoms with Crippen molar-refractivity contribution in [1.29, 1.82) is 0 Å². The molecule has 0 saturated carbocycles. The Morgan fingerprint density at radius 1 is 1.13 bits per heavy atom. The lowest BCUT2D eigenvalue weighted by Gasteiger charge is -2.26. The molecule has 2 N–H and O–H groups in total. The maximum atomic E-state index is 12.9. The van der Waals surface area contributed by atoms with Crippen LogP contribution in [0.25, 0.3) is 0 Å². The number of hydrogen-bond donors (Lipinski definition) is 2. The molecule has 0 bridgehead atoms. The highest BCUT2D eigenvalue weighted by Crippen LogP contribution is 2.32. The zero-order valence-electron chi connectivity index (χ0n) is 16.3. The maximum absolute atomic E-state index is 12.9. The highest BCUT2D eigenvalue weighted by atomic mass is 32.2. The number of hydrogen-bond acceptors (Lipinski definition) is 9. The zero-order chi connectivity index (χ0) is 21.9. The average molecular weight is 476 g/mol. The Hall–Kier alpha value is -2.29. The van der Waals surface area contributed by atoms with Crippen molar-refractivity contribution in [3.8, 4) is 5.75 Å². The molecule has 2 aromatic rings. The third-order valence-corrected chi connectivity index (χ3v) is 8.75. The number of methoxy groups -OCH3 is 1. The quantitative estimate of drug-likeness (QED) is 0.572. The molecular formula is C16H21N5O6S3. The highest BCUT2D eigenvalue weighted by molar-refractivity contribution is 7.94. The van der Waals surface area contributed by atoms with Crippen molar-refractivity contribution in [2.24, 2.45) is 0 Å². The van der Waals surface area contributed by atoms with Crippen LogP contribution in [0, 0.1) is 0 Å². The number of anilines is 2. The summed E-state index contributed by atoms with van der Waals surface area (Å²) in [5, 5.41) is 9.56. The summed E-state index contributed by atoms with van der Waals surface area (Å²) in [6.45, 7) is 2.10. The van der Waals surface area contributed by atoms with Gasteiger partial charge in [-0.3, -0.25) is 9.52 Å². The van der Waals surface area contributed by atoms with Gasteiger partial charge in [0.05, 0.1) is 17.7 Å². The number of ether oxygens (including phenoxy) is 1. The van der Waals surface area contributed by atoms with Gasteiger partial charge in [-0.1, -0.05) is 17.8 Å². The molecule has 1 aromatic heterocycles. The molecule has 0 spiro atoms. The number of carbonyl (C=O) groups excluding carboxylic acids is 1. The second-order valence-corrected chi connectivity index (χ2v) is 11.3. The normalized spacial score (nSPS) is 15.5. The summed E-state index contributed by atoms with van der Waals surface area (Å²) in [7, 11) is -6.62. The Labute approximate surface area is 178 Å². The van der Waals surface area contributed by atoms with E-state index < -0.39 is 30.3 Å². The van der Waals surface area contributed by atoms with Crippen LogP contribution in [0.3, 0.4) is 0 Å². The Kier molecular flexibility index (Phi) is 6.59. The van der Waals surface area contributed by atoms with Gasteiger partial charge in [0.15, 0.2) is 0 Å². The molecule has 30 heavy (non-hydrogen) atoms. The van der Waals surface area contributed by atoms with Crippen LogP contribution in [0.2, 0.25) is 0 Å². The molecule has 3 rings (SSSR count). The molecule has 1 amide bonds. The topological polar surface area (TPSA) is 148 Å². The Bertz CT molecular complexity index is 1140. The van der Waals surface area contributed by atoms with Gasteiger partial charge in [-0.25, -0.2) is 8.42 Å². The molecule has 1 aliphatic rings. The second-order valence-electron chi connectivity index (χ2n) is 6.49. The molecule has 0 atom stereocenters. The lowest BCUT2D eigenvalue weighted by Crippen LogP contribution is -2.35. The summed E-state index contributed by atoms with van der Waals surface area (Å²) in [6, 6.07) is 3.98. The molecule has 0 unspecified atom stereocenters. The van der Waals surface area contributed by atoms with Gasteiger partial charge < -0.3 is 10.1 Å². The monoisotopic (exact) mass is 475 g/mol. The van der Waals surface area contributed by atoms with E-state index in [2.05, 4.69) is 20.2 Å². The van der Waals surface area contributed by atoms with Crippen molar-refractivity contribution in [3.63, 3.8) is 0 Å². The summed E-state index contributed by atoms with van der Waals surface area (Å²) in [4.78, 5) is 11.1. The Morgan fingerprint density at radius 2 is 1.83 bits per heavy atom. The fraction of sp³-hybridized carbons (Fsp3) is 0.438. The summed E-state index contributed by atoms with van der Waals surface area (Å²) in [5.41, 5.74) is -0.0492. The third kappa shape index (κ3) is 4.88. The average Bonchev–Trinajstić information content (AvgIpc) is 3.17. The maximum Gasteiger partial charge on any atom is 0.291 e. The molecule has 0 radical (unpaired) electrons. The van der Waals surface area contributed by atoms with Gasteiger partial charge in [0.1, 0.15) is 5.75 Å². The summed E-state index contributed by atoms with van der Waals surface area (Å²) < 4.78 is 59.7. The molecule has 1 aliphatic heterocycles. The van der Waals surface area contributed by atoms with Gasteiger partial charge in [0.2, 0.25) is 21.1 Å². The van der Waals surface area contributed by atoms with E-state index in [1.165, 1.54) is 36.5 Å². The van der Waals surface area contributed by atoms with Crippen molar-refractivity contribution in [2.45, 2.75) is 35.4 Å². The van der Waals surface area contributed by atoms with Gasteiger partial charge in [-0.15, -0.1) is 10.2 Å². The van der Waals surface area contributed by atoms with Crippen molar-refractivity contribution in [3.05, 3.63) is 18.2 Å². The molecule has 14 heteroatoms. The second kappa shape index (κ2) is 8.83. The van der Waals surface area contributed by atoms with E-state index >= 15 is 0 Å². The van der Waals surface area contributed by atoms with E-state index in [0.29, 0.717) is 24.4 Å². The first-order valence-corrected chi connectivity index (χ1v) is 12.7. The van der Waals surface area contributed by atoms with Crippen LogP contribution in [0.15, 0.2) is 27.4 Å². The van der Waals surface area contributed by atoms with Crippen LogP contribution >= 0.6 is 11.3 Å². The van der Waals surface area contributed by atoms with Crippen LogP contribution in [-0.2, 0) is 24.8 Å². The number of piperidine rings is 1. The van der Waals surface area contributed by atoms with Gasteiger partial charge >= 0.3 is 0 Å². The minimum absolute atomic E-state index is 0.0243. The molecular weight excluding hydrogens is 454 g/mol. The van der Waals surface area contributed by atoms with Crippen molar-refractivity contribution < 1.29 is 26.4 Å². The van der Waals surface area contributed by atoms with E-state index in [4.69, 9.17) is 4.74 Å². The molecule has 1 fully saturated rings. The molecule has 11 nitrogen and oxygen atoms in total. The first kappa shape index (κ1) is 22.4. The van der Waals surface area contributed by atoms with Crippen molar-refractivity contribution in [2.75, 3.05) is 30.2 Å². The first-order valence-electron chi connectivity index (χ1n) is 8.95. The number of nitrogens with zero attached hydrogens (tertiary/aromatic N) is 3. The minimum atomic E-state index is -4.19. The predicted molar refractivity (Wildman–Crippen MR) is 111 cm³/mol. The SMILES string of the molecule is COc1ccc(S(=O)(=O)N2CCCCC2)cc1NS(=O)(=O)c1nnc(NC(C)=O)s1. The molecule has 164 valence electrons. The highest BCUT2D eigenvalue weighted by Gasteiger charge is 2.28. The minimum Gasteiger partial charge on any atom is -0.495 e. The molecule has 1 aromatic carbocycles. The largest absolute Gasteiger partial charge is 0.495 e. The van der Waals surface area contributed by atoms with E-state index in [1.54, 1.807) is 0 Å². The fourth-order valence-electron chi connectivity index (χ4n) is 2.89. The number of nitrogens with one attached hydrogen (secondary N) is 2. The Balaban J connectivity index is 1.92. The van der Waals surface area contributed by atoms with E-state index in [0.717, 1.165) is 19.3 Å². The van der Waals surface area contributed by atoms with Crippen LogP contribution in [0.4, 0.5) is 10.8 Å². The number of aromatic nitrogens is 2. The number of amides is 1. The molecule has 0 aliphatic carbocycles. The van der Waals surface area contributed by atoms with Crippen LogP contribution in [0.1, 0.15) is 26.2 Å². The number of carbonyl (C=O) groups is 1. The van der Waals surface area contributed by atoms with Crippen LogP contribution < -0.4 is 14.8 Å². The summed E-state index contributed by atoms with van der Waals surface area (Å²) in [5.74, 6) is -0.275. The first-order chi connectivity index (χ1) is 14.1. The number of benzene rings is 1. The smallest absolute Gasteiger partial charge is 0.291 e. The molecule has 2 heterocycles. The summed E-state index contributed by atoms with van der Waals surface area (Å²) >= 11 is 0.661. The summed E-state index contributed by atoms with van der Waals surface area (Å²) in [6.07, 6.45) is 2.53. The predicted octanol–water partition coefficient (Wildman–Crippen LogP) is 1.48. The van der Waals surface area contributed by atoms with Gasteiger partial charge in [0.25, 0.3) is 14.4 Å².